The van der Waals surface area contributed by atoms with Crippen LogP contribution in [0, 0.1) is 11.6 Å². The van der Waals surface area contributed by atoms with Crippen molar-refractivity contribution in [2.45, 2.75) is 5.60 Å². The van der Waals surface area contributed by atoms with Gasteiger partial charge in [0.05, 0.1) is 13.2 Å². The van der Waals surface area contributed by atoms with Gasteiger partial charge in [0, 0.05) is 0 Å². The van der Waals surface area contributed by atoms with Gasteiger partial charge in [0.2, 0.25) is 0 Å². The summed E-state index contributed by atoms with van der Waals surface area (Å²) >= 11 is 5.30. The third-order valence-corrected chi connectivity index (χ3v) is 2.56. The van der Waals surface area contributed by atoms with Crippen molar-refractivity contribution in [1.82, 2.24) is 0 Å². The highest BCUT2D eigenvalue weighted by atomic mass is 35.5. The zero-order valence-corrected chi connectivity index (χ0v) is 7.81. The summed E-state index contributed by atoms with van der Waals surface area (Å²) in [6, 6.07) is 2.04. The minimum absolute atomic E-state index is 0.0491. The first kappa shape index (κ1) is 9.83. The monoisotopic (exact) mass is 220 g/mol. The van der Waals surface area contributed by atoms with E-state index in [-0.39, 0.29) is 18.8 Å². The summed E-state index contributed by atoms with van der Waals surface area (Å²) in [5.41, 5.74) is -1.12. The van der Waals surface area contributed by atoms with E-state index in [0.29, 0.717) is 0 Å². The van der Waals surface area contributed by atoms with E-state index in [0.717, 1.165) is 12.1 Å². The maximum atomic E-state index is 13.0. The van der Waals surface area contributed by atoms with E-state index in [1.165, 1.54) is 0 Å². The summed E-state index contributed by atoms with van der Waals surface area (Å²) in [7, 11) is 0. The Kier molecular flexibility index (Phi) is 2.21. The van der Waals surface area contributed by atoms with Crippen LogP contribution >= 0.6 is 11.6 Å². The lowest BCUT2D eigenvalue weighted by Gasteiger charge is -2.36. The molecule has 1 aliphatic rings. The Hall–Kier alpha value is -0.710. The summed E-state index contributed by atoms with van der Waals surface area (Å²) in [6.45, 7) is 0.0982. The van der Waals surface area contributed by atoms with Gasteiger partial charge in [-0.05, 0) is 17.7 Å². The SMILES string of the molecule is OC1(c2cc(F)c(Cl)c(F)c2)COC1. The summed E-state index contributed by atoms with van der Waals surface area (Å²) < 4.78 is 30.8. The van der Waals surface area contributed by atoms with Crippen molar-refractivity contribution < 1.29 is 18.6 Å². The van der Waals surface area contributed by atoms with Crippen LogP contribution < -0.4 is 0 Å². The van der Waals surface area contributed by atoms with E-state index in [9.17, 15) is 13.9 Å². The van der Waals surface area contributed by atoms with Gasteiger partial charge in [0.25, 0.3) is 0 Å². The second kappa shape index (κ2) is 3.15. The predicted octanol–water partition coefficient (Wildman–Crippen LogP) is 1.84. The Morgan fingerprint density at radius 2 is 1.79 bits per heavy atom. The number of benzene rings is 1. The molecule has 14 heavy (non-hydrogen) atoms. The maximum absolute atomic E-state index is 13.0. The third-order valence-electron chi connectivity index (χ3n) is 2.20. The van der Waals surface area contributed by atoms with Crippen molar-refractivity contribution in [3.63, 3.8) is 0 Å². The Morgan fingerprint density at radius 3 is 2.14 bits per heavy atom. The molecule has 76 valence electrons. The zero-order chi connectivity index (χ0) is 10.3. The van der Waals surface area contributed by atoms with Crippen LogP contribution in [0.5, 0.6) is 0 Å². The Balaban J connectivity index is 2.45. The smallest absolute Gasteiger partial charge is 0.145 e. The minimum Gasteiger partial charge on any atom is -0.380 e. The van der Waals surface area contributed by atoms with Crippen LogP contribution in [0.25, 0.3) is 0 Å². The summed E-state index contributed by atoms with van der Waals surface area (Å²) in [5, 5.41) is 9.16. The van der Waals surface area contributed by atoms with Gasteiger partial charge in [-0.15, -0.1) is 0 Å². The Labute approximate surface area is 84.1 Å². The van der Waals surface area contributed by atoms with Gasteiger partial charge in [0.1, 0.15) is 22.3 Å². The van der Waals surface area contributed by atoms with E-state index in [1.807, 2.05) is 0 Å². The van der Waals surface area contributed by atoms with Gasteiger partial charge < -0.3 is 9.84 Å². The number of ether oxygens (including phenoxy) is 1. The first-order valence-corrected chi connectivity index (χ1v) is 4.36. The molecule has 1 saturated heterocycles. The van der Waals surface area contributed by atoms with Gasteiger partial charge in [-0.25, -0.2) is 8.78 Å². The molecule has 5 heteroatoms. The Morgan fingerprint density at radius 1 is 1.29 bits per heavy atom. The number of hydrogen-bond acceptors (Lipinski definition) is 2. The van der Waals surface area contributed by atoms with Crippen molar-refractivity contribution in [2.24, 2.45) is 0 Å². The van der Waals surface area contributed by atoms with Gasteiger partial charge in [-0.1, -0.05) is 11.6 Å². The van der Waals surface area contributed by atoms with E-state index < -0.39 is 22.3 Å². The Bertz CT molecular complexity index is 354. The highest BCUT2D eigenvalue weighted by molar-refractivity contribution is 6.30. The van der Waals surface area contributed by atoms with E-state index in [1.54, 1.807) is 0 Å². The van der Waals surface area contributed by atoms with Crippen molar-refractivity contribution in [3.05, 3.63) is 34.4 Å². The molecule has 0 amide bonds. The second-order valence-electron chi connectivity index (χ2n) is 3.28. The van der Waals surface area contributed by atoms with E-state index in [2.05, 4.69) is 0 Å². The molecule has 1 aliphatic heterocycles. The van der Waals surface area contributed by atoms with Gasteiger partial charge in [-0.3, -0.25) is 0 Å². The largest absolute Gasteiger partial charge is 0.380 e. The van der Waals surface area contributed by atoms with Crippen LogP contribution in [0.15, 0.2) is 12.1 Å². The first-order valence-electron chi connectivity index (χ1n) is 3.98. The van der Waals surface area contributed by atoms with Crippen LogP contribution in [-0.2, 0) is 10.3 Å². The highest BCUT2D eigenvalue weighted by Crippen LogP contribution is 2.32. The van der Waals surface area contributed by atoms with Crippen molar-refractivity contribution in [3.8, 4) is 0 Å². The molecule has 0 spiro atoms. The molecular weight excluding hydrogens is 214 g/mol. The van der Waals surface area contributed by atoms with Crippen LogP contribution in [0.4, 0.5) is 8.78 Å². The molecule has 0 atom stereocenters. The molecule has 1 aromatic rings. The normalized spacial score (nSPS) is 19.1. The molecule has 0 unspecified atom stereocenters. The van der Waals surface area contributed by atoms with Gasteiger partial charge in [0.15, 0.2) is 0 Å². The number of hydrogen-bond donors (Lipinski definition) is 1. The topological polar surface area (TPSA) is 29.5 Å². The predicted molar refractivity (Wildman–Crippen MR) is 46.1 cm³/mol. The van der Waals surface area contributed by atoms with Crippen LogP contribution in [-0.4, -0.2) is 18.3 Å². The van der Waals surface area contributed by atoms with Crippen molar-refractivity contribution in [2.75, 3.05) is 13.2 Å². The lowest BCUT2D eigenvalue weighted by atomic mass is 9.92. The van der Waals surface area contributed by atoms with Gasteiger partial charge in [-0.2, -0.15) is 0 Å². The molecule has 0 radical (unpaired) electrons. The molecule has 0 saturated carbocycles. The average molecular weight is 221 g/mol. The minimum atomic E-state index is -1.27. The fraction of sp³-hybridized carbons (Fsp3) is 0.333. The molecule has 1 heterocycles. The standard InChI is InChI=1S/C9H7ClF2O2/c10-8-6(11)1-5(2-7(8)12)9(13)3-14-4-9/h1-2,13H,3-4H2. The number of halogens is 3. The van der Waals surface area contributed by atoms with Gasteiger partial charge >= 0.3 is 0 Å². The average Bonchev–Trinajstić information content (AvgIpc) is 2.09. The quantitative estimate of drug-likeness (QED) is 0.732. The molecule has 1 N–H and O–H groups in total. The molecule has 0 bridgehead atoms. The van der Waals surface area contributed by atoms with E-state index >= 15 is 0 Å². The molecular formula is C9H7ClF2O2. The third kappa shape index (κ3) is 1.39. The van der Waals surface area contributed by atoms with E-state index in [4.69, 9.17) is 16.3 Å². The second-order valence-corrected chi connectivity index (χ2v) is 3.66. The number of aliphatic hydroxyl groups is 1. The zero-order valence-electron chi connectivity index (χ0n) is 7.06. The van der Waals surface area contributed by atoms with Crippen LogP contribution in [0.2, 0.25) is 5.02 Å². The summed E-state index contributed by atoms with van der Waals surface area (Å²) in [4.78, 5) is 0. The fourth-order valence-corrected chi connectivity index (χ4v) is 1.40. The molecule has 1 fully saturated rings. The van der Waals surface area contributed by atoms with Crippen molar-refractivity contribution in [1.29, 1.82) is 0 Å². The molecule has 2 nitrogen and oxygen atoms in total. The molecule has 2 rings (SSSR count). The fourth-order valence-electron chi connectivity index (χ4n) is 1.29. The molecule has 0 aliphatic carbocycles. The lowest BCUT2D eigenvalue weighted by molar-refractivity contribution is -0.184. The first-order chi connectivity index (χ1) is 6.53. The lowest BCUT2D eigenvalue weighted by Crippen LogP contribution is -2.46. The summed E-state index contributed by atoms with van der Waals surface area (Å²) in [6.07, 6.45) is 0. The highest BCUT2D eigenvalue weighted by Gasteiger charge is 2.38. The maximum Gasteiger partial charge on any atom is 0.145 e. The van der Waals surface area contributed by atoms with Crippen LogP contribution in [0.3, 0.4) is 0 Å². The summed E-state index contributed by atoms with van der Waals surface area (Å²) in [5.74, 6) is -1.75. The van der Waals surface area contributed by atoms with Crippen molar-refractivity contribution >= 4 is 11.6 Å². The molecule has 0 aromatic heterocycles. The van der Waals surface area contributed by atoms with Crippen LogP contribution in [0.1, 0.15) is 5.56 Å². The number of rotatable bonds is 1. The molecule has 1 aromatic carbocycles.